The van der Waals surface area contributed by atoms with E-state index in [4.69, 9.17) is 22.3 Å². The highest BCUT2D eigenvalue weighted by molar-refractivity contribution is 14.0. The Bertz CT molecular complexity index is 741. The molecule has 1 aromatic carbocycles. The van der Waals surface area contributed by atoms with E-state index in [2.05, 4.69) is 33.4 Å². The number of amides is 1. The summed E-state index contributed by atoms with van der Waals surface area (Å²) in [5.41, 5.74) is 6.59. The molecule has 9 heteroatoms. The molecular weight excluding hydrogens is 539 g/mol. The van der Waals surface area contributed by atoms with Gasteiger partial charge in [-0.25, -0.2) is 0 Å². The Morgan fingerprint density at radius 3 is 2.69 bits per heavy atom. The Morgan fingerprint density at radius 2 is 2.00 bits per heavy atom. The van der Waals surface area contributed by atoms with Gasteiger partial charge >= 0.3 is 0 Å². The van der Waals surface area contributed by atoms with Gasteiger partial charge in [-0.05, 0) is 76.9 Å². The quantitative estimate of drug-likeness (QED) is 0.182. The first-order chi connectivity index (χ1) is 15.0. The maximum absolute atomic E-state index is 11.3. The van der Waals surface area contributed by atoms with Gasteiger partial charge in [0.15, 0.2) is 5.96 Å². The van der Waals surface area contributed by atoms with Gasteiger partial charge < -0.3 is 26.2 Å². The molecule has 0 aliphatic carbocycles. The van der Waals surface area contributed by atoms with E-state index in [9.17, 15) is 4.79 Å². The lowest BCUT2D eigenvalue weighted by Gasteiger charge is -2.30. The highest BCUT2D eigenvalue weighted by atomic mass is 127. The van der Waals surface area contributed by atoms with Crippen molar-refractivity contribution in [3.05, 3.63) is 29.3 Å². The summed E-state index contributed by atoms with van der Waals surface area (Å²) < 4.78 is 0. The van der Waals surface area contributed by atoms with Crippen molar-refractivity contribution in [3.8, 4) is 0 Å². The number of aliphatic imine (C=N–C) groups is 1. The van der Waals surface area contributed by atoms with Gasteiger partial charge in [0.1, 0.15) is 0 Å². The molecule has 0 bridgehead atoms. The minimum absolute atomic E-state index is 0. The molecule has 1 aromatic rings. The van der Waals surface area contributed by atoms with Gasteiger partial charge in [0.2, 0.25) is 5.91 Å². The summed E-state index contributed by atoms with van der Waals surface area (Å²) >= 11 is 6.14. The van der Waals surface area contributed by atoms with Crippen molar-refractivity contribution in [1.29, 1.82) is 0 Å². The number of piperidine rings is 1. The molecule has 2 saturated heterocycles. The van der Waals surface area contributed by atoms with E-state index in [1.54, 1.807) is 0 Å². The van der Waals surface area contributed by atoms with Crippen LogP contribution in [0.5, 0.6) is 0 Å². The minimum atomic E-state index is -0.143. The first kappa shape index (κ1) is 27.0. The van der Waals surface area contributed by atoms with E-state index in [1.807, 2.05) is 18.2 Å². The number of likely N-dealkylation sites (tertiary alicyclic amines) is 1. The number of carbonyl (C=O) groups excluding carboxylic acids is 1. The zero-order chi connectivity index (χ0) is 22.1. The fourth-order valence-corrected chi connectivity index (χ4v) is 4.56. The molecule has 3 rings (SSSR count). The summed E-state index contributed by atoms with van der Waals surface area (Å²) in [7, 11) is 0. The molecule has 2 fully saturated rings. The number of nitrogens with one attached hydrogen (secondary N) is 2. The molecule has 0 spiro atoms. The summed E-state index contributed by atoms with van der Waals surface area (Å²) in [4.78, 5) is 20.9. The van der Waals surface area contributed by atoms with Crippen LogP contribution in [0, 0.1) is 5.92 Å². The molecule has 1 amide bonds. The van der Waals surface area contributed by atoms with Crippen LogP contribution in [-0.2, 0) is 4.79 Å². The molecule has 32 heavy (non-hydrogen) atoms. The van der Waals surface area contributed by atoms with Gasteiger partial charge in [-0.3, -0.25) is 9.79 Å². The number of rotatable bonds is 9. The van der Waals surface area contributed by atoms with Crippen LogP contribution in [0.4, 0.5) is 5.69 Å². The molecule has 2 aliphatic heterocycles. The van der Waals surface area contributed by atoms with Crippen LogP contribution in [0.3, 0.4) is 0 Å². The van der Waals surface area contributed by atoms with E-state index in [-0.39, 0.29) is 35.8 Å². The highest BCUT2D eigenvalue weighted by Crippen LogP contribution is 2.23. The van der Waals surface area contributed by atoms with E-state index in [0.717, 1.165) is 88.9 Å². The van der Waals surface area contributed by atoms with Gasteiger partial charge in [-0.15, -0.1) is 24.0 Å². The van der Waals surface area contributed by atoms with E-state index in [0.29, 0.717) is 6.04 Å². The molecule has 2 heterocycles. The number of guanidine groups is 1. The Morgan fingerprint density at radius 1 is 1.22 bits per heavy atom. The molecule has 4 N–H and O–H groups in total. The van der Waals surface area contributed by atoms with Crippen molar-refractivity contribution < 1.29 is 4.79 Å². The van der Waals surface area contributed by atoms with Gasteiger partial charge in [-0.2, -0.15) is 0 Å². The highest BCUT2D eigenvalue weighted by Gasteiger charge is 2.24. The third kappa shape index (κ3) is 8.59. The van der Waals surface area contributed by atoms with Crippen molar-refractivity contribution in [2.75, 3.05) is 50.7 Å². The maximum Gasteiger partial charge on any atom is 0.220 e. The van der Waals surface area contributed by atoms with Gasteiger partial charge in [0, 0.05) is 48.8 Å². The topological polar surface area (TPSA) is 86.0 Å². The van der Waals surface area contributed by atoms with Crippen LogP contribution in [0.2, 0.25) is 5.02 Å². The normalized spacial score (nSPS) is 20.1. The van der Waals surface area contributed by atoms with Crippen LogP contribution in [0.1, 0.15) is 39.0 Å². The molecule has 0 aromatic heterocycles. The van der Waals surface area contributed by atoms with Crippen LogP contribution in [0.15, 0.2) is 29.3 Å². The maximum atomic E-state index is 11.3. The zero-order valence-corrected chi connectivity index (χ0v) is 22.1. The SMILES string of the molecule is CCNC(=NCCCCN1CCC(C(N)=O)CC1)NC1CCN(c2cccc(Cl)c2)C1.I. The van der Waals surface area contributed by atoms with Crippen LogP contribution in [0.25, 0.3) is 0 Å². The van der Waals surface area contributed by atoms with Crippen molar-refractivity contribution >= 4 is 53.1 Å². The van der Waals surface area contributed by atoms with Crippen LogP contribution >= 0.6 is 35.6 Å². The molecule has 0 radical (unpaired) electrons. The average Bonchev–Trinajstić information content (AvgIpc) is 3.22. The smallest absolute Gasteiger partial charge is 0.220 e. The zero-order valence-electron chi connectivity index (χ0n) is 19.1. The van der Waals surface area contributed by atoms with Gasteiger partial charge in [0.25, 0.3) is 0 Å². The van der Waals surface area contributed by atoms with Crippen LogP contribution < -0.4 is 21.3 Å². The molecule has 0 saturated carbocycles. The number of nitrogens with two attached hydrogens (primary N) is 1. The Labute approximate surface area is 214 Å². The predicted octanol–water partition coefficient (Wildman–Crippen LogP) is 3.07. The number of hydrogen-bond acceptors (Lipinski definition) is 4. The number of nitrogens with zero attached hydrogens (tertiary/aromatic N) is 3. The standard InChI is InChI=1S/C23H37ClN6O.HI/c1-2-26-23(27-11-3-4-12-29-13-8-18(9-14-29)22(25)31)28-20-10-15-30(17-20)21-7-5-6-19(24)16-21;/h5-7,16,18,20H,2-4,8-15,17H2,1H3,(H2,25,31)(H2,26,27,28);1H. The average molecular weight is 577 g/mol. The predicted molar refractivity (Wildman–Crippen MR) is 144 cm³/mol. The van der Waals surface area contributed by atoms with Crippen LogP contribution in [-0.4, -0.2) is 68.6 Å². The molecular formula is C23H38ClIN6O. The third-order valence-corrected chi connectivity index (χ3v) is 6.42. The van der Waals surface area contributed by atoms with E-state index >= 15 is 0 Å². The summed E-state index contributed by atoms with van der Waals surface area (Å²) in [5.74, 6) is 0.832. The number of carbonyl (C=O) groups is 1. The lowest BCUT2D eigenvalue weighted by Crippen LogP contribution is -2.44. The second-order valence-electron chi connectivity index (χ2n) is 8.54. The monoisotopic (exact) mass is 576 g/mol. The minimum Gasteiger partial charge on any atom is -0.369 e. The van der Waals surface area contributed by atoms with Crippen molar-refractivity contribution in [2.24, 2.45) is 16.6 Å². The molecule has 1 unspecified atom stereocenters. The summed E-state index contributed by atoms with van der Waals surface area (Å²) in [5, 5.41) is 7.75. The molecule has 180 valence electrons. The third-order valence-electron chi connectivity index (χ3n) is 6.19. The van der Waals surface area contributed by atoms with Crippen molar-refractivity contribution in [2.45, 2.75) is 45.1 Å². The molecule has 7 nitrogen and oxygen atoms in total. The number of anilines is 1. The summed E-state index contributed by atoms with van der Waals surface area (Å²) in [6.07, 6.45) is 5.06. The second-order valence-corrected chi connectivity index (χ2v) is 8.98. The number of hydrogen-bond donors (Lipinski definition) is 3. The largest absolute Gasteiger partial charge is 0.369 e. The fraction of sp³-hybridized carbons (Fsp3) is 0.652. The summed E-state index contributed by atoms with van der Waals surface area (Å²) in [6, 6.07) is 8.44. The van der Waals surface area contributed by atoms with Crippen molar-refractivity contribution in [1.82, 2.24) is 15.5 Å². The number of primary amides is 1. The van der Waals surface area contributed by atoms with Crippen molar-refractivity contribution in [3.63, 3.8) is 0 Å². The van der Waals surface area contributed by atoms with Gasteiger partial charge in [-0.1, -0.05) is 17.7 Å². The molecule has 1 atom stereocenters. The second kappa shape index (κ2) is 14.1. The van der Waals surface area contributed by atoms with E-state index in [1.165, 1.54) is 5.69 Å². The number of halogens is 2. The first-order valence-electron chi connectivity index (χ1n) is 11.6. The van der Waals surface area contributed by atoms with Gasteiger partial charge in [0.05, 0.1) is 0 Å². The summed E-state index contributed by atoms with van der Waals surface area (Å²) in [6.45, 7) is 8.76. The van der Waals surface area contributed by atoms with E-state index < -0.39 is 0 Å². The Hall–Kier alpha value is -1.26. The first-order valence-corrected chi connectivity index (χ1v) is 12.0. The number of benzene rings is 1. The number of unbranched alkanes of at least 4 members (excludes halogenated alkanes) is 1. The lowest BCUT2D eigenvalue weighted by atomic mass is 9.96. The fourth-order valence-electron chi connectivity index (χ4n) is 4.38. The molecule has 2 aliphatic rings. The lowest BCUT2D eigenvalue weighted by molar-refractivity contribution is -0.123. The Balaban J connectivity index is 0.00000363. The Kier molecular flexibility index (Phi) is 11.9.